The van der Waals surface area contributed by atoms with Gasteiger partial charge in [0.2, 0.25) is 5.91 Å². The second-order valence-corrected chi connectivity index (χ2v) is 6.14. The molecule has 0 atom stereocenters. The maximum absolute atomic E-state index is 14.0. The summed E-state index contributed by atoms with van der Waals surface area (Å²) in [6.07, 6.45) is 0.00309. The summed E-state index contributed by atoms with van der Waals surface area (Å²) in [5, 5.41) is 4.93. The number of hydrogen-bond acceptors (Lipinski definition) is 4. The van der Waals surface area contributed by atoms with Gasteiger partial charge in [0.25, 0.3) is 0 Å². The summed E-state index contributed by atoms with van der Waals surface area (Å²) in [6.45, 7) is 8.08. The molecule has 1 aromatic rings. The third-order valence-corrected chi connectivity index (χ3v) is 2.81. The van der Waals surface area contributed by atoms with E-state index in [2.05, 4.69) is 10.6 Å². The van der Waals surface area contributed by atoms with E-state index in [0.717, 1.165) is 0 Å². The van der Waals surface area contributed by atoms with E-state index in [1.807, 2.05) is 6.92 Å². The molecule has 0 aliphatic carbocycles. The van der Waals surface area contributed by atoms with E-state index >= 15 is 0 Å². The molecule has 0 fully saturated rings. The van der Waals surface area contributed by atoms with Crippen LogP contribution >= 0.6 is 0 Å². The Morgan fingerprint density at radius 2 is 1.92 bits per heavy atom. The zero-order valence-electron chi connectivity index (χ0n) is 14.6. The fourth-order valence-electron chi connectivity index (χ4n) is 1.85. The summed E-state index contributed by atoms with van der Waals surface area (Å²) < 4.78 is 24.3. The molecule has 1 rings (SSSR count). The summed E-state index contributed by atoms with van der Waals surface area (Å²) >= 11 is 0. The number of halogens is 1. The largest absolute Gasteiger partial charge is 0.444 e. The van der Waals surface area contributed by atoms with Gasteiger partial charge in [0.05, 0.1) is 5.69 Å². The van der Waals surface area contributed by atoms with Gasteiger partial charge in [-0.15, -0.1) is 0 Å². The number of hydrogen-bond donors (Lipinski definition) is 2. The smallest absolute Gasteiger partial charge is 0.412 e. The second-order valence-electron chi connectivity index (χ2n) is 6.14. The molecule has 0 saturated heterocycles. The number of benzene rings is 1. The lowest BCUT2D eigenvalue weighted by atomic mass is 10.2. The Kier molecular flexibility index (Phi) is 7.64. The Labute approximate surface area is 141 Å². The maximum atomic E-state index is 14.0. The molecule has 0 spiro atoms. The van der Waals surface area contributed by atoms with Crippen molar-refractivity contribution in [3.63, 3.8) is 0 Å². The van der Waals surface area contributed by atoms with Crippen LogP contribution in [0.25, 0.3) is 0 Å². The molecule has 0 radical (unpaired) electrons. The first-order chi connectivity index (χ1) is 11.2. The van der Waals surface area contributed by atoms with Crippen LogP contribution in [0, 0.1) is 5.82 Å². The van der Waals surface area contributed by atoms with Crippen molar-refractivity contribution in [2.24, 2.45) is 0 Å². The highest BCUT2D eigenvalue weighted by atomic mass is 19.1. The van der Waals surface area contributed by atoms with Crippen molar-refractivity contribution in [3.8, 4) is 0 Å². The third-order valence-electron chi connectivity index (χ3n) is 2.81. The molecule has 0 saturated carbocycles. The van der Waals surface area contributed by atoms with Crippen LogP contribution in [0.15, 0.2) is 18.2 Å². The van der Waals surface area contributed by atoms with E-state index in [0.29, 0.717) is 19.6 Å². The summed E-state index contributed by atoms with van der Waals surface area (Å²) in [5.74, 6) is -0.992. The van der Waals surface area contributed by atoms with E-state index < -0.39 is 17.5 Å². The zero-order valence-corrected chi connectivity index (χ0v) is 14.6. The molecule has 24 heavy (non-hydrogen) atoms. The zero-order chi connectivity index (χ0) is 18.2. The first-order valence-electron chi connectivity index (χ1n) is 7.89. The summed E-state index contributed by atoms with van der Waals surface area (Å²) in [5.41, 5.74) is -0.618. The number of anilines is 2. The van der Waals surface area contributed by atoms with E-state index in [9.17, 15) is 14.0 Å². The second kappa shape index (κ2) is 9.22. The van der Waals surface area contributed by atoms with Gasteiger partial charge < -0.3 is 14.8 Å². The first kappa shape index (κ1) is 19.9. The monoisotopic (exact) mass is 340 g/mol. The SMILES string of the molecule is CCOCCCC(=O)Nc1c(F)cccc1NC(=O)OC(C)(C)C. The molecule has 2 N–H and O–H groups in total. The van der Waals surface area contributed by atoms with Crippen molar-refractivity contribution in [1.82, 2.24) is 0 Å². The van der Waals surface area contributed by atoms with Crippen LogP contribution in [-0.2, 0) is 14.3 Å². The van der Waals surface area contributed by atoms with E-state index in [4.69, 9.17) is 9.47 Å². The number of para-hydroxylation sites is 1. The quantitative estimate of drug-likeness (QED) is 0.737. The van der Waals surface area contributed by atoms with Crippen LogP contribution in [0.4, 0.5) is 20.6 Å². The standard InChI is InChI=1S/C17H25FN2O4/c1-5-23-11-7-10-14(21)20-15-12(18)8-6-9-13(15)19-16(22)24-17(2,3)4/h6,8-9H,5,7,10-11H2,1-4H3,(H,19,22)(H,20,21). The minimum atomic E-state index is -0.722. The summed E-state index contributed by atoms with van der Waals surface area (Å²) in [7, 11) is 0. The van der Waals surface area contributed by atoms with Crippen LogP contribution in [0.5, 0.6) is 0 Å². The summed E-state index contributed by atoms with van der Waals surface area (Å²) in [6, 6.07) is 4.13. The van der Waals surface area contributed by atoms with Crippen LogP contribution in [0.2, 0.25) is 0 Å². The highest BCUT2D eigenvalue weighted by Gasteiger charge is 2.19. The highest BCUT2D eigenvalue weighted by Crippen LogP contribution is 2.26. The number of amides is 2. The number of ether oxygens (including phenoxy) is 2. The molecule has 0 aliphatic heterocycles. The molecular weight excluding hydrogens is 315 g/mol. The normalized spacial score (nSPS) is 11.0. The fourth-order valence-corrected chi connectivity index (χ4v) is 1.85. The van der Waals surface area contributed by atoms with Crippen molar-refractivity contribution >= 4 is 23.4 Å². The predicted molar refractivity (Wildman–Crippen MR) is 90.6 cm³/mol. The number of carbonyl (C=O) groups is 2. The van der Waals surface area contributed by atoms with Gasteiger partial charge >= 0.3 is 6.09 Å². The van der Waals surface area contributed by atoms with Crippen molar-refractivity contribution in [2.45, 2.75) is 46.1 Å². The van der Waals surface area contributed by atoms with Crippen molar-refractivity contribution < 1.29 is 23.5 Å². The van der Waals surface area contributed by atoms with Gasteiger partial charge in [0.15, 0.2) is 0 Å². The lowest BCUT2D eigenvalue weighted by Gasteiger charge is -2.20. The Balaban J connectivity index is 2.73. The minimum Gasteiger partial charge on any atom is -0.444 e. The molecule has 7 heteroatoms. The van der Waals surface area contributed by atoms with Crippen molar-refractivity contribution in [1.29, 1.82) is 0 Å². The van der Waals surface area contributed by atoms with E-state index in [1.54, 1.807) is 20.8 Å². The molecular formula is C17H25FN2O4. The van der Waals surface area contributed by atoms with Gasteiger partial charge in [-0.2, -0.15) is 0 Å². The lowest BCUT2D eigenvalue weighted by molar-refractivity contribution is -0.116. The average molecular weight is 340 g/mol. The number of nitrogens with one attached hydrogen (secondary N) is 2. The Morgan fingerprint density at radius 3 is 2.54 bits per heavy atom. The number of carbonyl (C=O) groups excluding carboxylic acids is 2. The van der Waals surface area contributed by atoms with E-state index in [1.165, 1.54) is 18.2 Å². The topological polar surface area (TPSA) is 76.7 Å². The van der Waals surface area contributed by atoms with Gasteiger partial charge in [-0.05, 0) is 46.2 Å². The molecule has 0 aromatic heterocycles. The van der Waals surface area contributed by atoms with Crippen LogP contribution in [-0.4, -0.2) is 30.8 Å². The molecule has 0 aliphatic rings. The van der Waals surface area contributed by atoms with Gasteiger partial charge in [-0.3, -0.25) is 10.1 Å². The maximum Gasteiger partial charge on any atom is 0.412 e. The predicted octanol–water partition coefficient (Wildman–Crippen LogP) is 3.93. The molecule has 0 heterocycles. The Hall–Kier alpha value is -2.15. The average Bonchev–Trinajstić information content (AvgIpc) is 2.45. The molecule has 134 valence electrons. The highest BCUT2D eigenvalue weighted by molar-refractivity contribution is 5.98. The molecule has 6 nitrogen and oxygen atoms in total. The van der Waals surface area contributed by atoms with Crippen LogP contribution in [0.3, 0.4) is 0 Å². The first-order valence-corrected chi connectivity index (χ1v) is 7.89. The van der Waals surface area contributed by atoms with Crippen molar-refractivity contribution in [2.75, 3.05) is 23.8 Å². The van der Waals surface area contributed by atoms with Gasteiger partial charge in [-0.1, -0.05) is 6.07 Å². The Bertz CT molecular complexity index is 570. The lowest BCUT2D eigenvalue weighted by Crippen LogP contribution is -2.27. The van der Waals surface area contributed by atoms with Gasteiger partial charge in [0.1, 0.15) is 17.1 Å². The molecule has 2 amide bonds. The Morgan fingerprint density at radius 1 is 1.21 bits per heavy atom. The van der Waals surface area contributed by atoms with Gasteiger partial charge in [0, 0.05) is 19.6 Å². The molecule has 0 unspecified atom stereocenters. The number of rotatable bonds is 7. The minimum absolute atomic E-state index is 0.0789. The summed E-state index contributed by atoms with van der Waals surface area (Å²) in [4.78, 5) is 23.8. The van der Waals surface area contributed by atoms with Crippen LogP contribution in [0.1, 0.15) is 40.5 Å². The molecule has 1 aromatic carbocycles. The van der Waals surface area contributed by atoms with Crippen molar-refractivity contribution in [3.05, 3.63) is 24.0 Å². The van der Waals surface area contributed by atoms with E-state index in [-0.39, 0.29) is 23.7 Å². The third kappa shape index (κ3) is 7.41. The fraction of sp³-hybridized carbons (Fsp3) is 0.529. The van der Waals surface area contributed by atoms with Gasteiger partial charge in [-0.25, -0.2) is 9.18 Å². The molecule has 0 bridgehead atoms. The van der Waals surface area contributed by atoms with Crippen LogP contribution < -0.4 is 10.6 Å².